The standard InChI is InChI=1S/C14H18BrNO3/c1-16(8-3-9-19-2)13-6-5-12(15)10-11(13)4-7-14(17)18/h4-7,10H,3,8-9H2,1-2H3,(H,17,18)/b7-4+. The van der Waals surface area contributed by atoms with Crippen molar-refractivity contribution in [2.45, 2.75) is 6.42 Å². The van der Waals surface area contributed by atoms with E-state index in [2.05, 4.69) is 20.8 Å². The SMILES string of the molecule is COCCCN(C)c1ccc(Br)cc1/C=C/C(=O)O. The van der Waals surface area contributed by atoms with Gasteiger partial charge in [0.05, 0.1) is 0 Å². The third-order valence-corrected chi connectivity index (χ3v) is 3.14. The number of ether oxygens (including phenoxy) is 1. The van der Waals surface area contributed by atoms with E-state index in [0.29, 0.717) is 6.61 Å². The van der Waals surface area contributed by atoms with E-state index in [1.807, 2.05) is 25.2 Å². The number of halogens is 1. The maximum Gasteiger partial charge on any atom is 0.328 e. The number of carboxylic acids is 1. The van der Waals surface area contributed by atoms with Crippen molar-refractivity contribution >= 4 is 33.7 Å². The van der Waals surface area contributed by atoms with E-state index in [4.69, 9.17) is 9.84 Å². The molecule has 0 saturated carbocycles. The van der Waals surface area contributed by atoms with E-state index in [9.17, 15) is 4.79 Å². The summed E-state index contributed by atoms with van der Waals surface area (Å²) in [6.45, 7) is 1.56. The minimum Gasteiger partial charge on any atom is -0.478 e. The van der Waals surface area contributed by atoms with Gasteiger partial charge in [-0.2, -0.15) is 0 Å². The fraction of sp³-hybridized carbons (Fsp3) is 0.357. The summed E-state index contributed by atoms with van der Waals surface area (Å²) in [5.41, 5.74) is 1.87. The lowest BCUT2D eigenvalue weighted by molar-refractivity contribution is -0.131. The van der Waals surface area contributed by atoms with Crippen LogP contribution in [0, 0.1) is 0 Å². The highest BCUT2D eigenvalue weighted by Crippen LogP contribution is 2.25. The fourth-order valence-corrected chi connectivity index (χ4v) is 2.11. The smallest absolute Gasteiger partial charge is 0.328 e. The summed E-state index contributed by atoms with van der Waals surface area (Å²) in [5.74, 6) is -0.951. The summed E-state index contributed by atoms with van der Waals surface area (Å²) in [5, 5.41) is 8.72. The topological polar surface area (TPSA) is 49.8 Å². The number of benzene rings is 1. The van der Waals surface area contributed by atoms with Gasteiger partial charge in [-0.3, -0.25) is 0 Å². The molecule has 1 N–H and O–H groups in total. The number of hydrogen-bond acceptors (Lipinski definition) is 3. The van der Waals surface area contributed by atoms with Crippen LogP contribution in [-0.2, 0) is 9.53 Å². The van der Waals surface area contributed by atoms with Crippen LogP contribution >= 0.6 is 15.9 Å². The highest BCUT2D eigenvalue weighted by Gasteiger charge is 2.06. The van der Waals surface area contributed by atoms with Gasteiger partial charge in [-0.1, -0.05) is 15.9 Å². The first-order chi connectivity index (χ1) is 9.04. The van der Waals surface area contributed by atoms with Crippen LogP contribution in [0.25, 0.3) is 6.08 Å². The normalized spacial score (nSPS) is 10.9. The lowest BCUT2D eigenvalue weighted by atomic mass is 10.1. The first-order valence-corrected chi connectivity index (χ1v) is 6.74. The molecule has 0 unspecified atom stereocenters. The number of carboxylic acid groups (broad SMARTS) is 1. The van der Waals surface area contributed by atoms with E-state index >= 15 is 0 Å². The van der Waals surface area contributed by atoms with Crippen molar-refractivity contribution in [2.75, 3.05) is 32.2 Å². The Morgan fingerprint density at radius 3 is 2.89 bits per heavy atom. The van der Waals surface area contributed by atoms with E-state index in [-0.39, 0.29) is 0 Å². The first kappa shape index (κ1) is 15.7. The molecule has 104 valence electrons. The molecule has 0 aliphatic rings. The second kappa shape index (κ2) is 7.96. The summed E-state index contributed by atoms with van der Waals surface area (Å²) in [4.78, 5) is 12.7. The van der Waals surface area contributed by atoms with Gasteiger partial charge in [0.2, 0.25) is 0 Å². The van der Waals surface area contributed by atoms with Gasteiger partial charge in [0.15, 0.2) is 0 Å². The number of anilines is 1. The summed E-state index contributed by atoms with van der Waals surface area (Å²) < 4.78 is 5.95. The van der Waals surface area contributed by atoms with E-state index in [1.54, 1.807) is 13.2 Å². The molecular weight excluding hydrogens is 310 g/mol. The molecule has 1 aromatic rings. The van der Waals surface area contributed by atoms with Crippen molar-refractivity contribution in [1.29, 1.82) is 0 Å². The summed E-state index contributed by atoms with van der Waals surface area (Å²) in [7, 11) is 3.66. The van der Waals surface area contributed by atoms with Crippen molar-refractivity contribution < 1.29 is 14.6 Å². The van der Waals surface area contributed by atoms with Crippen molar-refractivity contribution in [3.8, 4) is 0 Å². The molecular formula is C14H18BrNO3. The second-order valence-electron chi connectivity index (χ2n) is 4.14. The third kappa shape index (κ3) is 5.44. The van der Waals surface area contributed by atoms with Gasteiger partial charge >= 0.3 is 5.97 Å². The van der Waals surface area contributed by atoms with Crippen molar-refractivity contribution in [1.82, 2.24) is 0 Å². The molecule has 0 aliphatic carbocycles. The molecule has 19 heavy (non-hydrogen) atoms. The van der Waals surface area contributed by atoms with Crippen molar-refractivity contribution in [2.24, 2.45) is 0 Å². The van der Waals surface area contributed by atoms with Crippen LogP contribution in [0.3, 0.4) is 0 Å². The zero-order valence-corrected chi connectivity index (χ0v) is 12.7. The number of hydrogen-bond donors (Lipinski definition) is 1. The van der Waals surface area contributed by atoms with Gasteiger partial charge in [-0.15, -0.1) is 0 Å². The molecule has 1 aromatic carbocycles. The molecule has 0 saturated heterocycles. The number of aliphatic carboxylic acids is 1. The summed E-state index contributed by atoms with van der Waals surface area (Å²) in [6.07, 6.45) is 3.68. The van der Waals surface area contributed by atoms with E-state index in [1.165, 1.54) is 0 Å². The predicted octanol–water partition coefficient (Wildman–Crippen LogP) is 3.02. The quantitative estimate of drug-likeness (QED) is 0.617. The Morgan fingerprint density at radius 2 is 2.26 bits per heavy atom. The van der Waals surface area contributed by atoms with Gasteiger partial charge in [-0.05, 0) is 36.3 Å². The molecule has 0 heterocycles. The molecule has 0 bridgehead atoms. The molecule has 1 rings (SSSR count). The summed E-state index contributed by atoms with van der Waals surface area (Å²) in [6, 6.07) is 5.82. The molecule has 0 aromatic heterocycles. The van der Waals surface area contributed by atoms with Crippen LogP contribution in [0.2, 0.25) is 0 Å². The molecule has 4 nitrogen and oxygen atoms in total. The van der Waals surface area contributed by atoms with Gasteiger partial charge < -0.3 is 14.7 Å². The van der Waals surface area contributed by atoms with Crippen LogP contribution < -0.4 is 4.90 Å². The first-order valence-electron chi connectivity index (χ1n) is 5.95. The van der Waals surface area contributed by atoms with Gasteiger partial charge in [0, 0.05) is 43.5 Å². The van der Waals surface area contributed by atoms with E-state index in [0.717, 1.165) is 34.8 Å². The minimum atomic E-state index is -0.951. The van der Waals surface area contributed by atoms with Gasteiger partial charge in [-0.25, -0.2) is 4.79 Å². The molecule has 0 atom stereocenters. The Balaban J connectivity index is 2.89. The lowest BCUT2D eigenvalue weighted by Crippen LogP contribution is -2.20. The average Bonchev–Trinajstić information content (AvgIpc) is 2.36. The largest absolute Gasteiger partial charge is 0.478 e. The Hall–Kier alpha value is -1.33. The van der Waals surface area contributed by atoms with Crippen LogP contribution in [0.15, 0.2) is 28.7 Å². The monoisotopic (exact) mass is 327 g/mol. The Kier molecular flexibility index (Phi) is 6.59. The van der Waals surface area contributed by atoms with Crippen molar-refractivity contribution in [3.05, 3.63) is 34.3 Å². The molecule has 0 fully saturated rings. The predicted molar refractivity (Wildman–Crippen MR) is 80.6 cm³/mol. The zero-order chi connectivity index (χ0) is 14.3. The van der Waals surface area contributed by atoms with Gasteiger partial charge in [0.25, 0.3) is 0 Å². The summed E-state index contributed by atoms with van der Waals surface area (Å²) >= 11 is 3.40. The molecule has 0 aliphatic heterocycles. The third-order valence-electron chi connectivity index (χ3n) is 2.65. The average molecular weight is 328 g/mol. The highest BCUT2D eigenvalue weighted by molar-refractivity contribution is 9.10. The minimum absolute atomic E-state index is 0.709. The Bertz CT molecular complexity index is 460. The Morgan fingerprint density at radius 1 is 1.53 bits per heavy atom. The van der Waals surface area contributed by atoms with Crippen LogP contribution in [0.1, 0.15) is 12.0 Å². The fourth-order valence-electron chi connectivity index (χ4n) is 1.73. The zero-order valence-electron chi connectivity index (χ0n) is 11.1. The number of rotatable bonds is 7. The number of carbonyl (C=O) groups is 1. The highest BCUT2D eigenvalue weighted by atomic mass is 79.9. The number of methoxy groups -OCH3 is 1. The van der Waals surface area contributed by atoms with Crippen LogP contribution in [0.4, 0.5) is 5.69 Å². The van der Waals surface area contributed by atoms with E-state index < -0.39 is 5.97 Å². The van der Waals surface area contributed by atoms with Crippen molar-refractivity contribution in [3.63, 3.8) is 0 Å². The maximum atomic E-state index is 10.6. The molecule has 0 radical (unpaired) electrons. The lowest BCUT2D eigenvalue weighted by Gasteiger charge is -2.21. The maximum absolute atomic E-state index is 10.6. The second-order valence-corrected chi connectivity index (χ2v) is 5.06. The molecule has 0 amide bonds. The number of nitrogens with zero attached hydrogens (tertiary/aromatic N) is 1. The molecule has 5 heteroatoms. The van der Waals surface area contributed by atoms with Gasteiger partial charge in [0.1, 0.15) is 0 Å². The van der Waals surface area contributed by atoms with Crippen LogP contribution in [0.5, 0.6) is 0 Å². The van der Waals surface area contributed by atoms with Crippen LogP contribution in [-0.4, -0.2) is 38.4 Å². The Labute approximate surface area is 121 Å². The molecule has 0 spiro atoms.